The van der Waals surface area contributed by atoms with Gasteiger partial charge in [0.2, 0.25) is 5.60 Å². The quantitative estimate of drug-likeness (QED) is 0.879. The number of halogens is 4. The molecule has 2 rings (SSSR count). The molecule has 0 aliphatic heterocycles. The van der Waals surface area contributed by atoms with Gasteiger partial charge in [-0.1, -0.05) is 29.8 Å². The van der Waals surface area contributed by atoms with Gasteiger partial charge >= 0.3 is 6.18 Å². The molecule has 1 unspecified atom stereocenters. The highest BCUT2D eigenvalue weighted by Gasteiger charge is 2.56. The number of hydrogen-bond donors (Lipinski definition) is 1. The van der Waals surface area contributed by atoms with Crippen molar-refractivity contribution in [2.45, 2.75) is 11.8 Å². The Balaban J connectivity index is 2.60. The highest BCUT2D eigenvalue weighted by atomic mass is 35.5. The molecule has 0 aliphatic carbocycles. The van der Waals surface area contributed by atoms with Crippen LogP contribution in [-0.2, 0) is 5.60 Å². The summed E-state index contributed by atoms with van der Waals surface area (Å²) in [5.74, 6) is 0. The fourth-order valence-corrected chi connectivity index (χ4v) is 2.61. The van der Waals surface area contributed by atoms with Crippen molar-refractivity contribution in [3.63, 3.8) is 0 Å². The van der Waals surface area contributed by atoms with Crippen LogP contribution in [0.5, 0.6) is 0 Å². The van der Waals surface area contributed by atoms with E-state index in [0.717, 1.165) is 11.3 Å². The first-order valence-corrected chi connectivity index (χ1v) is 6.20. The zero-order chi connectivity index (χ0) is 13.4. The molecule has 18 heavy (non-hydrogen) atoms. The van der Waals surface area contributed by atoms with E-state index in [1.807, 2.05) is 0 Å². The van der Waals surface area contributed by atoms with E-state index < -0.39 is 11.8 Å². The molecule has 0 saturated carbocycles. The molecule has 1 nitrogen and oxygen atoms in total. The van der Waals surface area contributed by atoms with Crippen LogP contribution in [0.15, 0.2) is 41.8 Å². The van der Waals surface area contributed by atoms with Crippen LogP contribution in [0.3, 0.4) is 0 Å². The number of thiophene rings is 1. The van der Waals surface area contributed by atoms with E-state index in [1.165, 1.54) is 41.8 Å². The topological polar surface area (TPSA) is 20.2 Å². The smallest absolute Gasteiger partial charge is 0.372 e. The fourth-order valence-electron chi connectivity index (χ4n) is 1.62. The molecule has 6 heteroatoms. The van der Waals surface area contributed by atoms with Gasteiger partial charge in [-0.15, -0.1) is 11.3 Å². The van der Waals surface area contributed by atoms with Crippen molar-refractivity contribution in [3.05, 3.63) is 57.2 Å². The summed E-state index contributed by atoms with van der Waals surface area (Å²) < 4.78 is 39.5. The first-order chi connectivity index (χ1) is 8.35. The number of alkyl halides is 3. The second kappa shape index (κ2) is 4.57. The lowest BCUT2D eigenvalue weighted by Crippen LogP contribution is -2.42. The van der Waals surface area contributed by atoms with Gasteiger partial charge in [0.25, 0.3) is 0 Å². The van der Waals surface area contributed by atoms with Gasteiger partial charge in [0, 0.05) is 9.90 Å². The second-order valence-corrected chi connectivity index (χ2v) is 5.08. The summed E-state index contributed by atoms with van der Waals surface area (Å²) in [6.45, 7) is 0. The third-order valence-electron chi connectivity index (χ3n) is 2.55. The summed E-state index contributed by atoms with van der Waals surface area (Å²) in [5.41, 5.74) is -3.24. The maximum atomic E-state index is 13.2. The lowest BCUT2D eigenvalue weighted by Gasteiger charge is -2.30. The van der Waals surface area contributed by atoms with Crippen molar-refractivity contribution >= 4 is 22.9 Å². The molecule has 0 fully saturated rings. The normalized spacial score (nSPS) is 15.4. The summed E-state index contributed by atoms with van der Waals surface area (Å²) in [7, 11) is 0. The molecule has 0 bridgehead atoms. The van der Waals surface area contributed by atoms with E-state index in [2.05, 4.69) is 0 Å². The molecule has 1 atom stereocenters. The summed E-state index contributed by atoms with van der Waals surface area (Å²) >= 11 is 6.49. The van der Waals surface area contributed by atoms with Crippen molar-refractivity contribution in [2.75, 3.05) is 0 Å². The summed E-state index contributed by atoms with van der Waals surface area (Å²) in [6.07, 6.45) is -4.80. The first-order valence-electron chi connectivity index (χ1n) is 4.95. The van der Waals surface area contributed by atoms with E-state index in [4.69, 9.17) is 11.6 Å². The molecule has 1 heterocycles. The average molecular weight is 293 g/mol. The van der Waals surface area contributed by atoms with Gasteiger partial charge in [0.05, 0.1) is 0 Å². The van der Waals surface area contributed by atoms with Gasteiger partial charge in [-0.3, -0.25) is 0 Å². The second-order valence-electron chi connectivity index (χ2n) is 3.69. The van der Waals surface area contributed by atoms with Gasteiger partial charge in [0.15, 0.2) is 0 Å². The predicted octanol–water partition coefficient (Wildman–Crippen LogP) is 4.20. The maximum absolute atomic E-state index is 13.2. The summed E-state index contributed by atoms with van der Waals surface area (Å²) in [4.78, 5) is -0.169. The standard InChI is InChI=1S/C12H8ClF3OS/c13-9-5-3-8(4-6-9)11(17,12(14,15)16)10-2-1-7-18-10/h1-7,17H. The highest BCUT2D eigenvalue weighted by molar-refractivity contribution is 7.10. The number of aliphatic hydroxyl groups is 1. The Bertz CT molecular complexity index is 521. The third-order valence-corrected chi connectivity index (χ3v) is 3.78. The molecule has 1 aromatic heterocycles. The Morgan fingerprint density at radius 1 is 1.06 bits per heavy atom. The maximum Gasteiger partial charge on any atom is 0.426 e. The van der Waals surface area contributed by atoms with Gasteiger partial charge in [-0.05, 0) is 29.1 Å². The molecule has 0 aliphatic rings. The zero-order valence-corrected chi connectivity index (χ0v) is 10.5. The van der Waals surface area contributed by atoms with Crippen molar-refractivity contribution < 1.29 is 18.3 Å². The average Bonchev–Trinajstić information content (AvgIpc) is 2.81. The fraction of sp³-hybridized carbons (Fsp3) is 0.167. The van der Waals surface area contributed by atoms with Crippen molar-refractivity contribution in [1.82, 2.24) is 0 Å². The minimum absolute atomic E-state index is 0.169. The highest BCUT2D eigenvalue weighted by Crippen LogP contribution is 2.45. The monoisotopic (exact) mass is 292 g/mol. The van der Waals surface area contributed by atoms with Crippen LogP contribution in [-0.4, -0.2) is 11.3 Å². The van der Waals surface area contributed by atoms with E-state index in [1.54, 1.807) is 0 Å². The van der Waals surface area contributed by atoms with Crippen molar-refractivity contribution in [3.8, 4) is 0 Å². The van der Waals surface area contributed by atoms with Gasteiger partial charge in [0.1, 0.15) is 0 Å². The largest absolute Gasteiger partial charge is 0.426 e. The van der Waals surface area contributed by atoms with Crippen LogP contribution in [0.25, 0.3) is 0 Å². The number of benzene rings is 1. The molecular formula is C12H8ClF3OS. The minimum atomic E-state index is -4.80. The van der Waals surface area contributed by atoms with Crippen LogP contribution in [0.4, 0.5) is 13.2 Å². The lowest BCUT2D eigenvalue weighted by molar-refractivity contribution is -0.247. The van der Waals surface area contributed by atoms with E-state index in [-0.39, 0.29) is 10.4 Å². The molecule has 0 spiro atoms. The van der Waals surface area contributed by atoms with Gasteiger partial charge < -0.3 is 5.11 Å². The molecule has 0 radical (unpaired) electrons. The van der Waals surface area contributed by atoms with Crippen LogP contribution in [0.1, 0.15) is 10.4 Å². The Hall–Kier alpha value is -1.04. The molecule has 96 valence electrons. The van der Waals surface area contributed by atoms with Crippen molar-refractivity contribution in [1.29, 1.82) is 0 Å². The number of rotatable bonds is 2. The molecule has 0 saturated heterocycles. The summed E-state index contributed by atoms with van der Waals surface area (Å²) in [6, 6.07) is 7.72. The van der Waals surface area contributed by atoms with Gasteiger partial charge in [-0.25, -0.2) is 0 Å². The van der Waals surface area contributed by atoms with E-state index in [9.17, 15) is 18.3 Å². The minimum Gasteiger partial charge on any atom is -0.372 e. The molecule has 1 N–H and O–H groups in total. The van der Waals surface area contributed by atoms with Gasteiger partial charge in [-0.2, -0.15) is 13.2 Å². The van der Waals surface area contributed by atoms with Crippen LogP contribution < -0.4 is 0 Å². The predicted molar refractivity (Wildman–Crippen MR) is 64.8 cm³/mol. The Labute approximate surface area is 110 Å². The molecular weight excluding hydrogens is 285 g/mol. The van der Waals surface area contributed by atoms with Crippen LogP contribution >= 0.6 is 22.9 Å². The SMILES string of the molecule is OC(c1ccc(Cl)cc1)(c1cccs1)C(F)(F)F. The van der Waals surface area contributed by atoms with Crippen LogP contribution in [0, 0.1) is 0 Å². The molecule has 1 aromatic carbocycles. The summed E-state index contributed by atoms with van der Waals surface area (Å²) in [5, 5.41) is 11.9. The van der Waals surface area contributed by atoms with E-state index >= 15 is 0 Å². The number of hydrogen-bond acceptors (Lipinski definition) is 2. The van der Waals surface area contributed by atoms with Crippen molar-refractivity contribution in [2.24, 2.45) is 0 Å². The molecule has 2 aromatic rings. The van der Waals surface area contributed by atoms with E-state index in [0.29, 0.717) is 5.02 Å². The molecule has 0 amide bonds. The van der Waals surface area contributed by atoms with Crippen LogP contribution in [0.2, 0.25) is 5.02 Å². The lowest BCUT2D eigenvalue weighted by atomic mass is 9.91. The Kier molecular flexibility index (Phi) is 3.40. The first kappa shape index (κ1) is 13.4. The third kappa shape index (κ3) is 2.13. The Morgan fingerprint density at radius 2 is 1.67 bits per heavy atom. The Morgan fingerprint density at radius 3 is 2.11 bits per heavy atom. The zero-order valence-electron chi connectivity index (χ0n) is 8.91.